The van der Waals surface area contributed by atoms with E-state index < -0.39 is 0 Å². The molecular formula is C12H14ClNO. The largest absolute Gasteiger partial charge is 0.464 e. The van der Waals surface area contributed by atoms with Crippen molar-refractivity contribution in [1.29, 1.82) is 0 Å². The van der Waals surface area contributed by atoms with E-state index in [0.717, 1.165) is 12.0 Å². The molecular weight excluding hydrogens is 210 g/mol. The van der Waals surface area contributed by atoms with Crippen molar-refractivity contribution in [3.8, 4) is 0 Å². The summed E-state index contributed by atoms with van der Waals surface area (Å²) in [5.74, 6) is 0.644. The van der Waals surface area contributed by atoms with E-state index in [0.29, 0.717) is 5.88 Å². The normalized spacial score (nSPS) is 13.2. The lowest BCUT2D eigenvalue weighted by Crippen LogP contribution is -2.16. The summed E-state index contributed by atoms with van der Waals surface area (Å²) in [7, 11) is 1.94. The Labute approximate surface area is 94.2 Å². The molecule has 1 atom stereocenters. The van der Waals surface area contributed by atoms with E-state index in [-0.39, 0.29) is 6.04 Å². The molecule has 3 heteroatoms. The maximum Gasteiger partial charge on any atom is 0.134 e. The van der Waals surface area contributed by atoms with Gasteiger partial charge in [0.2, 0.25) is 0 Å². The summed E-state index contributed by atoms with van der Waals surface area (Å²) in [6.07, 6.45) is 2.72. The zero-order chi connectivity index (χ0) is 10.7. The first-order valence-corrected chi connectivity index (χ1v) is 5.59. The van der Waals surface area contributed by atoms with Crippen LogP contribution in [0.5, 0.6) is 0 Å². The summed E-state index contributed by atoms with van der Waals surface area (Å²) >= 11 is 5.77. The molecule has 1 aromatic carbocycles. The molecule has 0 saturated heterocycles. The Kier molecular flexibility index (Phi) is 3.29. The van der Waals surface area contributed by atoms with Gasteiger partial charge in [0.05, 0.1) is 6.26 Å². The van der Waals surface area contributed by atoms with Crippen LogP contribution in [0.1, 0.15) is 18.0 Å². The van der Waals surface area contributed by atoms with E-state index in [2.05, 4.69) is 11.4 Å². The number of hydrogen-bond donors (Lipinski definition) is 1. The highest BCUT2D eigenvalue weighted by atomic mass is 35.5. The molecule has 2 nitrogen and oxygen atoms in total. The van der Waals surface area contributed by atoms with E-state index in [1.807, 2.05) is 31.5 Å². The third-order valence-corrected chi connectivity index (χ3v) is 2.85. The third-order valence-electron chi connectivity index (χ3n) is 2.63. The Balaban J connectivity index is 2.41. The quantitative estimate of drug-likeness (QED) is 0.805. The van der Waals surface area contributed by atoms with Crippen LogP contribution in [0, 0.1) is 0 Å². The summed E-state index contributed by atoms with van der Waals surface area (Å²) in [6.45, 7) is 0. The number of rotatable bonds is 4. The Hall–Kier alpha value is -0.990. The molecule has 0 fully saturated rings. The van der Waals surface area contributed by atoms with Gasteiger partial charge in [-0.15, -0.1) is 11.6 Å². The van der Waals surface area contributed by atoms with Crippen molar-refractivity contribution in [3.63, 3.8) is 0 Å². The molecule has 1 unspecified atom stereocenters. The van der Waals surface area contributed by atoms with Gasteiger partial charge < -0.3 is 9.73 Å². The smallest absolute Gasteiger partial charge is 0.134 e. The van der Waals surface area contributed by atoms with Crippen molar-refractivity contribution in [2.45, 2.75) is 12.5 Å². The highest BCUT2D eigenvalue weighted by molar-refractivity contribution is 6.17. The van der Waals surface area contributed by atoms with Gasteiger partial charge in [0.15, 0.2) is 0 Å². The molecule has 0 spiro atoms. The number of halogens is 1. The minimum Gasteiger partial charge on any atom is -0.464 e. The number of fused-ring (bicyclic) bond motifs is 1. The molecule has 0 radical (unpaired) electrons. The molecule has 1 N–H and O–H groups in total. The van der Waals surface area contributed by atoms with Gasteiger partial charge in [0.1, 0.15) is 5.58 Å². The van der Waals surface area contributed by atoms with Crippen LogP contribution < -0.4 is 5.32 Å². The van der Waals surface area contributed by atoms with Crippen LogP contribution in [0.15, 0.2) is 34.9 Å². The summed E-state index contributed by atoms with van der Waals surface area (Å²) < 4.78 is 5.50. The summed E-state index contributed by atoms with van der Waals surface area (Å²) in [5.41, 5.74) is 2.12. The van der Waals surface area contributed by atoms with Gasteiger partial charge in [0.25, 0.3) is 0 Å². The summed E-state index contributed by atoms with van der Waals surface area (Å²) in [5, 5.41) is 4.42. The molecule has 2 rings (SSSR count). The molecule has 1 aromatic heterocycles. The zero-order valence-electron chi connectivity index (χ0n) is 8.66. The Morgan fingerprint density at radius 2 is 2.20 bits per heavy atom. The maximum absolute atomic E-state index is 5.77. The van der Waals surface area contributed by atoms with Crippen molar-refractivity contribution in [3.05, 3.63) is 36.1 Å². The van der Waals surface area contributed by atoms with E-state index in [1.165, 1.54) is 10.9 Å². The topological polar surface area (TPSA) is 25.2 Å². The van der Waals surface area contributed by atoms with Crippen LogP contribution in [-0.2, 0) is 0 Å². The first-order chi connectivity index (χ1) is 7.36. The molecule has 0 aliphatic carbocycles. The number of furan rings is 1. The monoisotopic (exact) mass is 223 g/mol. The van der Waals surface area contributed by atoms with Crippen LogP contribution in [0.3, 0.4) is 0 Å². The summed E-state index contributed by atoms with van der Waals surface area (Å²) in [6, 6.07) is 8.32. The molecule has 2 aromatic rings. The molecule has 15 heavy (non-hydrogen) atoms. The lowest BCUT2D eigenvalue weighted by atomic mass is 10.0. The van der Waals surface area contributed by atoms with Crippen LogP contribution in [0.2, 0.25) is 0 Å². The number of hydrogen-bond acceptors (Lipinski definition) is 2. The minimum atomic E-state index is 0.270. The Bertz CT molecular complexity index is 438. The molecule has 0 saturated carbocycles. The van der Waals surface area contributed by atoms with E-state index in [9.17, 15) is 0 Å². The number of para-hydroxylation sites is 1. The maximum atomic E-state index is 5.77. The van der Waals surface area contributed by atoms with Gasteiger partial charge in [0, 0.05) is 22.9 Å². The van der Waals surface area contributed by atoms with Crippen LogP contribution in [0.25, 0.3) is 11.0 Å². The van der Waals surface area contributed by atoms with Crippen molar-refractivity contribution in [1.82, 2.24) is 5.32 Å². The fraction of sp³-hybridized carbons (Fsp3) is 0.333. The third kappa shape index (κ3) is 2.01. The second-order valence-electron chi connectivity index (χ2n) is 3.51. The highest BCUT2D eigenvalue weighted by Gasteiger charge is 2.14. The molecule has 1 heterocycles. The van der Waals surface area contributed by atoms with Crippen LogP contribution in [0.4, 0.5) is 0 Å². The van der Waals surface area contributed by atoms with Gasteiger partial charge in [-0.05, 0) is 19.5 Å². The number of benzene rings is 1. The molecule has 0 amide bonds. The average molecular weight is 224 g/mol. The van der Waals surface area contributed by atoms with Crippen LogP contribution >= 0.6 is 11.6 Å². The predicted octanol–water partition coefficient (Wildman–Crippen LogP) is 3.32. The average Bonchev–Trinajstić information content (AvgIpc) is 2.70. The lowest BCUT2D eigenvalue weighted by Gasteiger charge is -2.12. The van der Waals surface area contributed by atoms with Gasteiger partial charge in [-0.25, -0.2) is 0 Å². The van der Waals surface area contributed by atoms with E-state index in [4.69, 9.17) is 16.0 Å². The lowest BCUT2D eigenvalue weighted by molar-refractivity contribution is 0.556. The molecule has 80 valence electrons. The second kappa shape index (κ2) is 4.69. The van der Waals surface area contributed by atoms with Crippen LogP contribution in [-0.4, -0.2) is 12.9 Å². The second-order valence-corrected chi connectivity index (χ2v) is 3.88. The zero-order valence-corrected chi connectivity index (χ0v) is 9.42. The molecule has 0 bridgehead atoms. The highest BCUT2D eigenvalue weighted by Crippen LogP contribution is 2.27. The first kappa shape index (κ1) is 10.5. The summed E-state index contributed by atoms with van der Waals surface area (Å²) in [4.78, 5) is 0. The first-order valence-electron chi connectivity index (χ1n) is 5.06. The van der Waals surface area contributed by atoms with Gasteiger partial charge in [-0.1, -0.05) is 18.2 Å². The predicted molar refractivity (Wildman–Crippen MR) is 63.4 cm³/mol. The van der Waals surface area contributed by atoms with E-state index >= 15 is 0 Å². The van der Waals surface area contributed by atoms with Gasteiger partial charge in [-0.3, -0.25) is 0 Å². The fourth-order valence-corrected chi connectivity index (χ4v) is 2.05. The Morgan fingerprint density at radius 3 is 2.93 bits per heavy atom. The fourth-order valence-electron chi connectivity index (χ4n) is 1.83. The molecule has 0 aliphatic rings. The van der Waals surface area contributed by atoms with Crippen molar-refractivity contribution in [2.24, 2.45) is 0 Å². The van der Waals surface area contributed by atoms with Gasteiger partial charge in [-0.2, -0.15) is 0 Å². The number of alkyl halides is 1. The van der Waals surface area contributed by atoms with Gasteiger partial charge >= 0.3 is 0 Å². The Morgan fingerprint density at radius 1 is 1.40 bits per heavy atom. The van der Waals surface area contributed by atoms with E-state index in [1.54, 1.807) is 0 Å². The number of nitrogens with one attached hydrogen (secondary N) is 1. The van der Waals surface area contributed by atoms with Crippen molar-refractivity contribution >= 4 is 22.6 Å². The standard InChI is InChI=1S/C12H14ClNO/c1-14-11(6-7-13)10-8-15-12-5-3-2-4-9(10)12/h2-5,8,11,14H,6-7H2,1H3. The minimum absolute atomic E-state index is 0.270. The SMILES string of the molecule is CNC(CCCl)c1coc2ccccc12. The van der Waals surface area contributed by atoms with Crippen molar-refractivity contribution in [2.75, 3.05) is 12.9 Å². The molecule has 0 aliphatic heterocycles. The van der Waals surface area contributed by atoms with Crippen molar-refractivity contribution < 1.29 is 4.42 Å².